The number of Topliss-reactive ketones (excluding diaryl/α,β-unsaturated/α-hetero) is 2. The Kier molecular flexibility index (Phi) is 8.77. The predicted molar refractivity (Wildman–Crippen MR) is 158 cm³/mol. The van der Waals surface area contributed by atoms with Gasteiger partial charge in [0.2, 0.25) is 9.58 Å². The topological polar surface area (TPSA) is 191 Å². The minimum atomic E-state index is -2.74. The van der Waals surface area contributed by atoms with Crippen LogP contribution in [0, 0.1) is 11.8 Å². The van der Waals surface area contributed by atoms with E-state index in [1.165, 1.54) is 19.0 Å². The third-order valence-electron chi connectivity index (χ3n) is 8.25. The molecule has 0 aliphatic heterocycles. The Bertz CT molecular complexity index is 1480. The zero-order chi connectivity index (χ0) is 32.3. The Morgan fingerprint density at radius 2 is 1.77 bits per heavy atom. The molecular formula is C28H32Cl3N3O9. The van der Waals surface area contributed by atoms with Crippen LogP contribution >= 0.6 is 34.8 Å². The second-order valence-corrected chi connectivity index (χ2v) is 13.9. The Morgan fingerprint density at radius 1 is 1.14 bits per heavy atom. The first kappa shape index (κ1) is 32.9. The molecule has 0 bridgehead atoms. The van der Waals surface area contributed by atoms with Gasteiger partial charge in [-0.1, -0.05) is 34.8 Å². The average molecular weight is 661 g/mol. The van der Waals surface area contributed by atoms with Crippen molar-refractivity contribution in [3.05, 3.63) is 39.7 Å². The number of nitrogens with two attached hydrogens (primary N) is 1. The second-order valence-electron chi connectivity index (χ2n) is 11.4. The van der Waals surface area contributed by atoms with Crippen LogP contribution < -0.4 is 10.6 Å². The molecule has 1 amide bonds. The van der Waals surface area contributed by atoms with Crippen molar-refractivity contribution < 1.29 is 44.3 Å². The lowest BCUT2D eigenvalue weighted by Gasteiger charge is -2.50. The molecule has 4 atom stereocenters. The van der Waals surface area contributed by atoms with Gasteiger partial charge in [0.15, 0.2) is 11.4 Å². The Balaban J connectivity index is 1.84. The SMILES string of the molecule is CN(C)c1cc(CCC(=O)OCC(Cl)(Cl)Cl)c(O)c2c1C[C@H]1C[C@H]3[C@H](N(C)C)C(=O)C(C(N)=O)=C(O)[C@@]3(O)C(=O)C1=C2O. The first-order valence-electron chi connectivity index (χ1n) is 13.2. The fraction of sp³-hybridized carbons (Fsp3) is 0.500. The number of aliphatic hydroxyl groups excluding tert-OH is 2. The maximum atomic E-state index is 14.0. The zero-order valence-corrected chi connectivity index (χ0v) is 26.0. The maximum absolute atomic E-state index is 14.0. The van der Waals surface area contributed by atoms with Crippen LogP contribution in [0.4, 0.5) is 5.69 Å². The summed E-state index contributed by atoms with van der Waals surface area (Å²) >= 11 is 16.9. The number of anilines is 1. The van der Waals surface area contributed by atoms with E-state index in [-0.39, 0.29) is 42.4 Å². The van der Waals surface area contributed by atoms with Crippen LogP contribution in [0.15, 0.2) is 23.0 Å². The molecule has 3 aliphatic rings. The summed E-state index contributed by atoms with van der Waals surface area (Å²) in [5.41, 5.74) is 2.71. The lowest BCUT2D eigenvalue weighted by molar-refractivity contribution is -0.153. The summed E-state index contributed by atoms with van der Waals surface area (Å²) in [6.45, 7) is -0.477. The van der Waals surface area contributed by atoms with Crippen LogP contribution in [0.5, 0.6) is 5.75 Å². The number of rotatable bonds is 7. The molecule has 1 aromatic carbocycles. The van der Waals surface area contributed by atoms with Crippen LogP contribution in [0.2, 0.25) is 0 Å². The molecular weight excluding hydrogens is 629 g/mol. The molecule has 234 valence electrons. The number of likely N-dealkylation sites (N-methyl/N-ethyl adjacent to an activating group) is 1. The number of fused-ring (bicyclic) bond motifs is 3. The number of hydrogen-bond donors (Lipinski definition) is 5. The number of nitrogens with zero attached hydrogens (tertiary/aromatic N) is 2. The van der Waals surface area contributed by atoms with E-state index in [1.807, 2.05) is 0 Å². The van der Waals surface area contributed by atoms with Crippen molar-refractivity contribution in [2.45, 2.75) is 41.1 Å². The number of alkyl halides is 3. The van der Waals surface area contributed by atoms with E-state index in [2.05, 4.69) is 0 Å². The number of aliphatic hydroxyl groups is 3. The third-order valence-corrected chi connectivity index (χ3v) is 8.58. The first-order valence-corrected chi connectivity index (χ1v) is 14.4. The summed E-state index contributed by atoms with van der Waals surface area (Å²) in [5.74, 6) is -8.04. The van der Waals surface area contributed by atoms with Gasteiger partial charge in [-0.2, -0.15) is 0 Å². The number of ketones is 2. The highest BCUT2D eigenvalue weighted by molar-refractivity contribution is 6.67. The quantitative estimate of drug-likeness (QED) is 0.163. The van der Waals surface area contributed by atoms with Crippen molar-refractivity contribution in [2.24, 2.45) is 17.6 Å². The minimum absolute atomic E-state index is 0.0316. The molecule has 0 spiro atoms. The second kappa shape index (κ2) is 11.5. The van der Waals surface area contributed by atoms with E-state index < -0.39 is 80.2 Å². The summed E-state index contributed by atoms with van der Waals surface area (Å²) < 4.78 is 3.15. The van der Waals surface area contributed by atoms with Crippen molar-refractivity contribution >= 4 is 69.7 Å². The van der Waals surface area contributed by atoms with E-state index >= 15 is 0 Å². The molecule has 4 rings (SSSR count). The highest BCUT2D eigenvalue weighted by atomic mass is 35.6. The molecule has 43 heavy (non-hydrogen) atoms. The molecule has 0 radical (unpaired) electrons. The largest absolute Gasteiger partial charge is 0.508 e. The number of carbonyl (C=O) groups is 4. The summed E-state index contributed by atoms with van der Waals surface area (Å²) in [7, 11) is 6.54. The predicted octanol–water partition coefficient (Wildman–Crippen LogP) is 1.88. The zero-order valence-electron chi connectivity index (χ0n) is 23.8. The van der Waals surface area contributed by atoms with Crippen molar-refractivity contribution in [3.8, 4) is 5.75 Å². The van der Waals surface area contributed by atoms with Gasteiger partial charge in [-0.05, 0) is 56.5 Å². The van der Waals surface area contributed by atoms with E-state index in [0.717, 1.165) is 0 Å². The van der Waals surface area contributed by atoms with Gasteiger partial charge in [0.05, 0.1) is 11.6 Å². The average Bonchev–Trinajstić information content (AvgIpc) is 2.88. The number of phenolic OH excluding ortho intramolecular Hbond substituents is 1. The highest BCUT2D eigenvalue weighted by Crippen LogP contribution is 2.54. The third kappa shape index (κ3) is 5.55. The normalized spacial score (nSPS) is 25.4. The molecule has 12 nitrogen and oxygen atoms in total. The van der Waals surface area contributed by atoms with Crippen molar-refractivity contribution in [1.29, 1.82) is 0 Å². The number of carbonyl (C=O) groups excluding carboxylic acids is 4. The van der Waals surface area contributed by atoms with Crippen molar-refractivity contribution in [3.63, 3.8) is 0 Å². The number of aryl methyl sites for hydroxylation is 1. The highest BCUT2D eigenvalue weighted by Gasteiger charge is 2.64. The van der Waals surface area contributed by atoms with Gasteiger partial charge in [-0.25, -0.2) is 0 Å². The van der Waals surface area contributed by atoms with Crippen molar-refractivity contribution in [2.75, 3.05) is 39.7 Å². The smallest absolute Gasteiger partial charge is 0.306 e. The van der Waals surface area contributed by atoms with Crippen LogP contribution in [0.1, 0.15) is 29.5 Å². The number of halogens is 3. The molecule has 0 aromatic heterocycles. The number of hydrogen-bond acceptors (Lipinski definition) is 11. The van der Waals surface area contributed by atoms with Crippen LogP contribution in [0.3, 0.4) is 0 Å². The number of amides is 1. The number of benzene rings is 1. The monoisotopic (exact) mass is 659 g/mol. The number of primary amides is 1. The molecule has 1 aromatic rings. The molecule has 3 aliphatic carbocycles. The van der Waals surface area contributed by atoms with E-state index in [4.69, 9.17) is 45.3 Å². The van der Waals surface area contributed by atoms with Gasteiger partial charge >= 0.3 is 5.97 Å². The fourth-order valence-corrected chi connectivity index (χ4v) is 6.57. The van der Waals surface area contributed by atoms with Crippen LogP contribution in [0.25, 0.3) is 5.76 Å². The molecule has 0 unspecified atom stereocenters. The Morgan fingerprint density at radius 3 is 2.30 bits per heavy atom. The van der Waals surface area contributed by atoms with Crippen molar-refractivity contribution in [1.82, 2.24) is 4.90 Å². The van der Waals surface area contributed by atoms with Gasteiger partial charge in [0.1, 0.15) is 29.4 Å². The molecule has 0 heterocycles. The number of esters is 1. The molecule has 6 N–H and O–H groups in total. The van der Waals surface area contributed by atoms with Crippen LogP contribution in [-0.4, -0.2) is 99.0 Å². The number of phenols is 1. The van der Waals surface area contributed by atoms with Crippen LogP contribution in [-0.2, 0) is 36.8 Å². The standard InChI is InChI=1S/C28H32Cl3N3O9/c1-33(2)15-9-11(5-6-16(35)43-10-27(29,30)31)21(36)18-13(15)7-12-8-14-20(34(3)4)23(38)19(26(32)41)25(40)28(14,42)24(39)17(12)22(18)37/h9,12,14,20,36-37,40,42H,5-8,10H2,1-4H3,(H2,32,41)/t12-,14-,20-,28-/m0/s1. The summed E-state index contributed by atoms with van der Waals surface area (Å²) in [6.07, 6.45) is -0.158. The lowest BCUT2D eigenvalue weighted by atomic mass is 9.57. The van der Waals surface area contributed by atoms with Gasteiger partial charge in [-0.15, -0.1) is 0 Å². The van der Waals surface area contributed by atoms with E-state index in [1.54, 1.807) is 25.1 Å². The van der Waals surface area contributed by atoms with E-state index in [0.29, 0.717) is 11.3 Å². The summed E-state index contributed by atoms with van der Waals surface area (Å²) in [4.78, 5) is 54.8. The minimum Gasteiger partial charge on any atom is -0.508 e. The maximum Gasteiger partial charge on any atom is 0.306 e. The van der Waals surface area contributed by atoms with Gasteiger partial charge < -0.3 is 35.8 Å². The Labute approximate surface area is 262 Å². The Hall–Kier alpha value is -3.03. The molecule has 1 saturated carbocycles. The van der Waals surface area contributed by atoms with Gasteiger partial charge in [0.25, 0.3) is 5.91 Å². The molecule has 0 saturated heterocycles. The number of ether oxygens (including phenoxy) is 1. The first-order chi connectivity index (χ1) is 19.8. The molecule has 1 fully saturated rings. The number of aromatic hydroxyl groups is 1. The van der Waals surface area contributed by atoms with Gasteiger partial charge in [-0.3, -0.25) is 24.1 Å². The van der Waals surface area contributed by atoms with Gasteiger partial charge in [0, 0.05) is 37.7 Å². The van der Waals surface area contributed by atoms with E-state index in [9.17, 15) is 39.6 Å². The summed E-state index contributed by atoms with van der Waals surface area (Å²) in [5, 5.41) is 45.6. The molecule has 15 heteroatoms. The lowest BCUT2D eigenvalue weighted by Crippen LogP contribution is -2.65. The summed E-state index contributed by atoms with van der Waals surface area (Å²) in [6, 6.07) is 0.471. The fourth-order valence-electron chi connectivity index (χ4n) is 6.41.